The molecule has 0 unspecified atom stereocenters. The first-order chi connectivity index (χ1) is 9.16. The zero-order valence-electron chi connectivity index (χ0n) is 11.7. The van der Waals surface area contributed by atoms with Crippen LogP contribution in [0.3, 0.4) is 0 Å². The first-order valence-electron chi connectivity index (χ1n) is 6.93. The molecule has 1 aliphatic rings. The SMILES string of the molecule is Cc1cc(F)ccc1CCNC(=O)[C@H]1CCCCN1.Cl. The van der Waals surface area contributed by atoms with E-state index in [0.29, 0.717) is 6.54 Å². The van der Waals surface area contributed by atoms with Crippen molar-refractivity contribution in [2.45, 2.75) is 38.6 Å². The van der Waals surface area contributed by atoms with Crippen LogP contribution in [0.25, 0.3) is 0 Å². The van der Waals surface area contributed by atoms with Gasteiger partial charge in [0.25, 0.3) is 0 Å². The van der Waals surface area contributed by atoms with Crippen molar-refractivity contribution in [2.75, 3.05) is 13.1 Å². The van der Waals surface area contributed by atoms with E-state index in [4.69, 9.17) is 0 Å². The summed E-state index contributed by atoms with van der Waals surface area (Å²) < 4.78 is 13.0. The van der Waals surface area contributed by atoms with Crippen LogP contribution in [0, 0.1) is 12.7 Å². The molecule has 1 aromatic rings. The fourth-order valence-corrected chi connectivity index (χ4v) is 2.46. The number of carbonyl (C=O) groups is 1. The van der Waals surface area contributed by atoms with E-state index >= 15 is 0 Å². The number of hydrogen-bond donors (Lipinski definition) is 2. The molecular weight excluding hydrogens is 279 g/mol. The molecule has 0 saturated carbocycles. The lowest BCUT2D eigenvalue weighted by atomic mass is 10.0. The summed E-state index contributed by atoms with van der Waals surface area (Å²) in [6.07, 6.45) is 3.92. The molecule has 1 amide bonds. The number of piperidine rings is 1. The predicted octanol–water partition coefficient (Wildman–Crippen LogP) is 2.36. The van der Waals surface area contributed by atoms with Crippen LogP contribution in [0.5, 0.6) is 0 Å². The van der Waals surface area contributed by atoms with Crippen molar-refractivity contribution in [1.82, 2.24) is 10.6 Å². The van der Waals surface area contributed by atoms with Crippen molar-refractivity contribution < 1.29 is 9.18 Å². The molecule has 2 rings (SSSR count). The van der Waals surface area contributed by atoms with E-state index < -0.39 is 0 Å². The van der Waals surface area contributed by atoms with E-state index in [1.807, 2.05) is 6.92 Å². The van der Waals surface area contributed by atoms with Crippen molar-refractivity contribution >= 4 is 18.3 Å². The van der Waals surface area contributed by atoms with Gasteiger partial charge in [-0.3, -0.25) is 4.79 Å². The Hall–Kier alpha value is -1.13. The molecule has 1 fully saturated rings. The molecule has 0 spiro atoms. The van der Waals surface area contributed by atoms with Crippen LogP contribution in [0.4, 0.5) is 4.39 Å². The second kappa shape index (κ2) is 8.22. The fraction of sp³-hybridized carbons (Fsp3) is 0.533. The number of amides is 1. The average molecular weight is 301 g/mol. The third kappa shape index (κ3) is 4.76. The Morgan fingerprint density at radius 1 is 1.45 bits per heavy atom. The summed E-state index contributed by atoms with van der Waals surface area (Å²) >= 11 is 0. The number of rotatable bonds is 4. The summed E-state index contributed by atoms with van der Waals surface area (Å²) in [5.74, 6) is -0.129. The highest BCUT2D eigenvalue weighted by molar-refractivity contribution is 5.85. The molecule has 0 radical (unpaired) electrons. The highest BCUT2D eigenvalue weighted by Crippen LogP contribution is 2.10. The second-order valence-corrected chi connectivity index (χ2v) is 5.11. The zero-order chi connectivity index (χ0) is 13.7. The number of halogens is 2. The van der Waals surface area contributed by atoms with Gasteiger partial charge < -0.3 is 10.6 Å². The van der Waals surface area contributed by atoms with Gasteiger partial charge in [0, 0.05) is 6.54 Å². The Kier molecular flexibility index (Phi) is 6.96. The van der Waals surface area contributed by atoms with Gasteiger partial charge in [0.05, 0.1) is 6.04 Å². The minimum atomic E-state index is -0.211. The van der Waals surface area contributed by atoms with Gasteiger partial charge in [0.2, 0.25) is 5.91 Å². The van der Waals surface area contributed by atoms with Crippen LogP contribution in [0.2, 0.25) is 0 Å². The summed E-state index contributed by atoms with van der Waals surface area (Å²) in [4.78, 5) is 11.9. The van der Waals surface area contributed by atoms with Gasteiger partial charge in [-0.2, -0.15) is 0 Å². The Balaban J connectivity index is 0.00000200. The maximum Gasteiger partial charge on any atom is 0.237 e. The van der Waals surface area contributed by atoms with E-state index in [-0.39, 0.29) is 30.2 Å². The van der Waals surface area contributed by atoms with Crippen LogP contribution in [-0.4, -0.2) is 25.0 Å². The number of aryl methyl sites for hydroxylation is 1. The van der Waals surface area contributed by atoms with Crippen molar-refractivity contribution in [3.63, 3.8) is 0 Å². The average Bonchev–Trinajstić information content (AvgIpc) is 2.42. The summed E-state index contributed by atoms with van der Waals surface area (Å²) in [6, 6.07) is 4.74. The Bertz CT molecular complexity index is 447. The predicted molar refractivity (Wildman–Crippen MR) is 80.7 cm³/mol. The molecule has 2 N–H and O–H groups in total. The lowest BCUT2D eigenvalue weighted by Gasteiger charge is -2.22. The summed E-state index contributed by atoms with van der Waals surface area (Å²) in [5, 5.41) is 6.17. The number of carbonyl (C=O) groups excluding carboxylic acids is 1. The van der Waals surface area contributed by atoms with Gasteiger partial charge in [0.1, 0.15) is 5.82 Å². The zero-order valence-corrected chi connectivity index (χ0v) is 12.6. The van der Waals surface area contributed by atoms with Crippen LogP contribution in [0.15, 0.2) is 18.2 Å². The molecule has 3 nitrogen and oxygen atoms in total. The first-order valence-corrected chi connectivity index (χ1v) is 6.93. The van der Waals surface area contributed by atoms with Gasteiger partial charge in [-0.05, 0) is 56.0 Å². The molecular formula is C15H22ClFN2O. The molecule has 1 aromatic carbocycles. The molecule has 1 atom stereocenters. The van der Waals surface area contributed by atoms with Crippen LogP contribution in [0.1, 0.15) is 30.4 Å². The van der Waals surface area contributed by atoms with Crippen LogP contribution < -0.4 is 10.6 Å². The largest absolute Gasteiger partial charge is 0.354 e. The third-order valence-corrected chi connectivity index (χ3v) is 3.63. The number of hydrogen-bond acceptors (Lipinski definition) is 2. The Morgan fingerprint density at radius 3 is 2.90 bits per heavy atom. The summed E-state index contributed by atoms with van der Waals surface area (Å²) in [5.41, 5.74) is 2.02. The van der Waals surface area contributed by atoms with Gasteiger partial charge in [-0.15, -0.1) is 12.4 Å². The Morgan fingerprint density at radius 2 is 2.25 bits per heavy atom. The van der Waals surface area contributed by atoms with Gasteiger partial charge in [0.15, 0.2) is 0 Å². The van der Waals surface area contributed by atoms with E-state index in [9.17, 15) is 9.18 Å². The third-order valence-electron chi connectivity index (χ3n) is 3.63. The molecule has 1 heterocycles. The maximum atomic E-state index is 13.0. The lowest BCUT2D eigenvalue weighted by Crippen LogP contribution is -2.47. The summed E-state index contributed by atoms with van der Waals surface area (Å²) in [7, 11) is 0. The molecule has 20 heavy (non-hydrogen) atoms. The van der Waals surface area contributed by atoms with Crippen molar-refractivity contribution in [1.29, 1.82) is 0 Å². The van der Waals surface area contributed by atoms with Crippen molar-refractivity contribution in [2.24, 2.45) is 0 Å². The highest BCUT2D eigenvalue weighted by Gasteiger charge is 2.19. The molecule has 0 aliphatic carbocycles. The lowest BCUT2D eigenvalue weighted by molar-refractivity contribution is -0.123. The van der Waals surface area contributed by atoms with E-state index in [2.05, 4.69) is 10.6 Å². The first kappa shape index (κ1) is 16.9. The van der Waals surface area contributed by atoms with Gasteiger partial charge in [-0.1, -0.05) is 12.5 Å². The molecule has 0 aromatic heterocycles. The molecule has 0 bridgehead atoms. The van der Waals surface area contributed by atoms with Gasteiger partial charge >= 0.3 is 0 Å². The van der Waals surface area contributed by atoms with E-state index in [1.165, 1.54) is 12.1 Å². The monoisotopic (exact) mass is 300 g/mol. The fourth-order valence-electron chi connectivity index (χ4n) is 2.46. The van der Waals surface area contributed by atoms with Gasteiger partial charge in [-0.25, -0.2) is 4.39 Å². The minimum Gasteiger partial charge on any atom is -0.354 e. The van der Waals surface area contributed by atoms with Crippen molar-refractivity contribution in [3.8, 4) is 0 Å². The van der Waals surface area contributed by atoms with Crippen LogP contribution in [-0.2, 0) is 11.2 Å². The minimum absolute atomic E-state index is 0. The molecule has 5 heteroatoms. The van der Waals surface area contributed by atoms with Crippen molar-refractivity contribution in [3.05, 3.63) is 35.1 Å². The molecule has 1 aliphatic heterocycles. The number of nitrogens with one attached hydrogen (secondary N) is 2. The van der Waals surface area contributed by atoms with E-state index in [0.717, 1.165) is 43.4 Å². The highest BCUT2D eigenvalue weighted by atomic mass is 35.5. The van der Waals surface area contributed by atoms with Crippen LogP contribution >= 0.6 is 12.4 Å². The smallest absolute Gasteiger partial charge is 0.237 e. The normalized spacial score (nSPS) is 18.2. The summed E-state index contributed by atoms with van der Waals surface area (Å²) in [6.45, 7) is 3.42. The van der Waals surface area contributed by atoms with E-state index in [1.54, 1.807) is 6.07 Å². The topological polar surface area (TPSA) is 41.1 Å². The molecule has 1 saturated heterocycles. The number of benzene rings is 1. The quantitative estimate of drug-likeness (QED) is 0.896. The second-order valence-electron chi connectivity index (χ2n) is 5.11. The maximum absolute atomic E-state index is 13.0. The Labute approximate surface area is 125 Å². The molecule has 112 valence electrons. The standard InChI is InChI=1S/C15H21FN2O.ClH/c1-11-10-13(16)6-5-12(11)7-9-18-15(19)14-4-2-3-8-17-14;/h5-6,10,14,17H,2-4,7-9H2,1H3,(H,18,19);1H/t14-;/m1./s1.